The molecule has 1 aliphatic heterocycles. The van der Waals surface area contributed by atoms with E-state index in [-0.39, 0.29) is 5.91 Å². The summed E-state index contributed by atoms with van der Waals surface area (Å²) >= 11 is 0. The second-order valence-corrected chi connectivity index (χ2v) is 6.90. The molecule has 0 saturated heterocycles. The summed E-state index contributed by atoms with van der Waals surface area (Å²) in [6, 6.07) is 18.4. The molecule has 2 heterocycles. The van der Waals surface area contributed by atoms with E-state index in [1.807, 2.05) is 30.5 Å². The van der Waals surface area contributed by atoms with E-state index in [9.17, 15) is 4.79 Å². The van der Waals surface area contributed by atoms with Crippen molar-refractivity contribution in [3.05, 3.63) is 89.2 Å². The molecule has 140 valence electrons. The Bertz CT molecular complexity index is 1010. The lowest BCUT2D eigenvalue weighted by Crippen LogP contribution is -2.18. The molecule has 2 aromatic carbocycles. The first-order chi connectivity index (χ1) is 13.7. The van der Waals surface area contributed by atoms with Crippen LogP contribution in [0, 0.1) is 0 Å². The smallest absolute Gasteiger partial charge is 0.224 e. The maximum atomic E-state index is 11.6. The molecular formula is C24H22N2O2. The minimum Gasteiger partial charge on any atom is -0.497 e. The molecule has 0 atom stereocenters. The van der Waals surface area contributed by atoms with Crippen LogP contribution in [-0.4, -0.2) is 18.0 Å². The molecule has 1 aromatic heterocycles. The molecular weight excluding hydrogens is 348 g/mol. The van der Waals surface area contributed by atoms with Crippen LogP contribution in [0.15, 0.2) is 67.0 Å². The Morgan fingerprint density at radius 3 is 2.75 bits per heavy atom. The van der Waals surface area contributed by atoms with Crippen molar-refractivity contribution in [2.24, 2.45) is 0 Å². The minimum absolute atomic E-state index is 0.0876. The molecule has 1 amide bonds. The Morgan fingerprint density at radius 1 is 1.14 bits per heavy atom. The molecule has 0 spiro atoms. The van der Waals surface area contributed by atoms with E-state index >= 15 is 0 Å². The fourth-order valence-electron chi connectivity index (χ4n) is 3.44. The van der Waals surface area contributed by atoms with Crippen LogP contribution in [0.5, 0.6) is 5.75 Å². The first kappa shape index (κ1) is 18.0. The molecule has 0 bridgehead atoms. The number of amides is 1. The molecule has 3 aromatic rings. The van der Waals surface area contributed by atoms with Crippen LogP contribution in [0.1, 0.15) is 28.7 Å². The molecule has 0 radical (unpaired) electrons. The standard InChI is InChI=1S/C24H22N2O2/c1-28-22-8-4-17(5-9-22)13-21(14-18-3-2-12-25-16-18)19-6-10-23-20(15-19)7-11-24(27)26-23/h2-6,8-10,12-13,15-16H,7,11,14H2,1H3,(H,26,27). The number of aromatic nitrogens is 1. The van der Waals surface area contributed by atoms with Gasteiger partial charge in [-0.1, -0.05) is 30.3 Å². The van der Waals surface area contributed by atoms with Crippen molar-refractivity contribution < 1.29 is 9.53 Å². The van der Waals surface area contributed by atoms with Gasteiger partial charge in [-0.15, -0.1) is 0 Å². The maximum Gasteiger partial charge on any atom is 0.224 e. The van der Waals surface area contributed by atoms with Gasteiger partial charge < -0.3 is 10.1 Å². The highest BCUT2D eigenvalue weighted by molar-refractivity contribution is 5.94. The zero-order valence-electron chi connectivity index (χ0n) is 15.8. The molecule has 28 heavy (non-hydrogen) atoms. The predicted octanol–water partition coefficient (Wildman–Crippen LogP) is 4.76. The third-order valence-electron chi connectivity index (χ3n) is 4.95. The summed E-state index contributed by atoms with van der Waals surface area (Å²) in [6.45, 7) is 0. The van der Waals surface area contributed by atoms with E-state index < -0.39 is 0 Å². The molecule has 4 nitrogen and oxygen atoms in total. The average molecular weight is 370 g/mol. The summed E-state index contributed by atoms with van der Waals surface area (Å²) in [4.78, 5) is 15.9. The van der Waals surface area contributed by atoms with Crippen molar-refractivity contribution >= 4 is 23.2 Å². The number of rotatable bonds is 5. The highest BCUT2D eigenvalue weighted by Crippen LogP contribution is 2.29. The minimum atomic E-state index is 0.0876. The molecule has 0 saturated carbocycles. The quantitative estimate of drug-likeness (QED) is 0.659. The third-order valence-corrected chi connectivity index (χ3v) is 4.95. The first-order valence-corrected chi connectivity index (χ1v) is 9.38. The summed E-state index contributed by atoms with van der Waals surface area (Å²) < 4.78 is 5.26. The van der Waals surface area contributed by atoms with E-state index in [1.54, 1.807) is 13.3 Å². The highest BCUT2D eigenvalue weighted by Gasteiger charge is 2.16. The van der Waals surface area contributed by atoms with Crippen LogP contribution in [0.2, 0.25) is 0 Å². The topological polar surface area (TPSA) is 51.2 Å². The van der Waals surface area contributed by atoms with Crippen LogP contribution >= 0.6 is 0 Å². The van der Waals surface area contributed by atoms with E-state index in [0.717, 1.165) is 41.0 Å². The SMILES string of the molecule is COc1ccc(C=C(Cc2cccnc2)c2ccc3c(c2)CCC(=O)N3)cc1. The monoisotopic (exact) mass is 370 g/mol. The number of fused-ring (bicyclic) bond motifs is 1. The van der Waals surface area contributed by atoms with Crippen molar-refractivity contribution in [3.63, 3.8) is 0 Å². The number of ether oxygens (including phenoxy) is 1. The predicted molar refractivity (Wildman–Crippen MR) is 112 cm³/mol. The van der Waals surface area contributed by atoms with Crippen LogP contribution in [0.25, 0.3) is 11.6 Å². The van der Waals surface area contributed by atoms with Gasteiger partial charge in [0.15, 0.2) is 0 Å². The van der Waals surface area contributed by atoms with Crippen molar-refractivity contribution in [2.75, 3.05) is 12.4 Å². The summed E-state index contributed by atoms with van der Waals surface area (Å²) in [5.41, 5.74) is 6.75. The second-order valence-electron chi connectivity index (χ2n) is 6.90. The number of pyridine rings is 1. The molecule has 0 fully saturated rings. The van der Waals surface area contributed by atoms with Crippen LogP contribution in [0.3, 0.4) is 0 Å². The molecule has 1 N–H and O–H groups in total. The fraction of sp³-hybridized carbons (Fsp3) is 0.167. The molecule has 0 aliphatic carbocycles. The van der Waals surface area contributed by atoms with Gasteiger partial charge in [0, 0.05) is 24.5 Å². The zero-order chi connectivity index (χ0) is 19.3. The molecule has 4 rings (SSSR count). The Hall–Kier alpha value is -3.40. The van der Waals surface area contributed by atoms with Gasteiger partial charge in [0.1, 0.15) is 5.75 Å². The first-order valence-electron chi connectivity index (χ1n) is 9.38. The number of methoxy groups -OCH3 is 1. The number of nitrogens with zero attached hydrogens (tertiary/aromatic N) is 1. The fourth-order valence-corrected chi connectivity index (χ4v) is 3.44. The molecule has 1 aliphatic rings. The van der Waals surface area contributed by atoms with Gasteiger partial charge in [-0.2, -0.15) is 0 Å². The summed E-state index contributed by atoms with van der Waals surface area (Å²) in [7, 11) is 1.67. The number of nitrogens with one attached hydrogen (secondary N) is 1. The van der Waals surface area contributed by atoms with Gasteiger partial charge in [-0.3, -0.25) is 9.78 Å². The van der Waals surface area contributed by atoms with Crippen LogP contribution in [0.4, 0.5) is 5.69 Å². The third kappa shape index (κ3) is 4.12. The lowest BCUT2D eigenvalue weighted by atomic mass is 9.93. The van der Waals surface area contributed by atoms with Crippen LogP contribution < -0.4 is 10.1 Å². The number of benzene rings is 2. The number of carbonyl (C=O) groups excluding carboxylic acids is 1. The zero-order valence-corrected chi connectivity index (χ0v) is 15.8. The summed E-state index contributed by atoms with van der Waals surface area (Å²) in [6.07, 6.45) is 7.99. The number of carbonyl (C=O) groups is 1. The van der Waals surface area contributed by atoms with Gasteiger partial charge in [0.25, 0.3) is 0 Å². The lowest BCUT2D eigenvalue weighted by molar-refractivity contribution is -0.116. The van der Waals surface area contributed by atoms with Crippen molar-refractivity contribution in [1.29, 1.82) is 0 Å². The molecule has 4 heteroatoms. The number of allylic oxidation sites excluding steroid dienone is 1. The maximum absolute atomic E-state index is 11.6. The Balaban J connectivity index is 1.72. The number of aryl methyl sites for hydroxylation is 1. The summed E-state index contributed by atoms with van der Waals surface area (Å²) in [5, 5.41) is 2.96. The Morgan fingerprint density at radius 2 is 2.00 bits per heavy atom. The second kappa shape index (κ2) is 8.09. The van der Waals surface area contributed by atoms with E-state index in [1.165, 1.54) is 11.1 Å². The molecule has 0 unspecified atom stereocenters. The van der Waals surface area contributed by atoms with E-state index in [2.05, 4.69) is 46.7 Å². The summed E-state index contributed by atoms with van der Waals surface area (Å²) in [5.74, 6) is 0.931. The van der Waals surface area contributed by atoms with Gasteiger partial charge in [-0.25, -0.2) is 0 Å². The number of hydrogen-bond donors (Lipinski definition) is 1. The number of hydrogen-bond acceptors (Lipinski definition) is 3. The van der Waals surface area contributed by atoms with Gasteiger partial charge in [-0.05, 0) is 71.0 Å². The largest absolute Gasteiger partial charge is 0.497 e. The number of anilines is 1. The van der Waals surface area contributed by atoms with Crippen molar-refractivity contribution in [2.45, 2.75) is 19.3 Å². The van der Waals surface area contributed by atoms with Crippen molar-refractivity contribution in [3.8, 4) is 5.75 Å². The Labute approximate surface area is 164 Å². The van der Waals surface area contributed by atoms with E-state index in [0.29, 0.717) is 6.42 Å². The van der Waals surface area contributed by atoms with Crippen LogP contribution in [-0.2, 0) is 17.6 Å². The normalized spacial score (nSPS) is 13.6. The van der Waals surface area contributed by atoms with Crippen molar-refractivity contribution in [1.82, 2.24) is 4.98 Å². The average Bonchev–Trinajstić information content (AvgIpc) is 2.74. The lowest BCUT2D eigenvalue weighted by Gasteiger charge is -2.18. The highest BCUT2D eigenvalue weighted by atomic mass is 16.5. The van der Waals surface area contributed by atoms with Gasteiger partial charge in [0.05, 0.1) is 7.11 Å². The van der Waals surface area contributed by atoms with E-state index in [4.69, 9.17) is 4.74 Å². The van der Waals surface area contributed by atoms with Gasteiger partial charge >= 0.3 is 0 Å². The Kier molecular flexibility index (Phi) is 5.20. The van der Waals surface area contributed by atoms with Gasteiger partial charge in [0.2, 0.25) is 5.91 Å².